The van der Waals surface area contributed by atoms with E-state index in [-0.39, 0.29) is 11.8 Å². The molecule has 0 radical (unpaired) electrons. The Morgan fingerprint density at radius 2 is 1.96 bits per heavy atom. The molecule has 0 saturated heterocycles. The van der Waals surface area contributed by atoms with Crippen LogP contribution in [0.2, 0.25) is 0 Å². The number of aryl methyl sites for hydroxylation is 3. The predicted octanol–water partition coefficient (Wildman–Crippen LogP) is 1.97. The van der Waals surface area contributed by atoms with Gasteiger partial charge < -0.3 is 10.1 Å². The van der Waals surface area contributed by atoms with Gasteiger partial charge >= 0.3 is 5.97 Å². The number of rotatable bonds is 5. The molecule has 0 fully saturated rings. The topological polar surface area (TPSA) is 85.6 Å². The van der Waals surface area contributed by atoms with E-state index in [1.165, 1.54) is 7.11 Å². The number of hydrogen-bond acceptors (Lipinski definition) is 5. The number of aromatic nitrogens is 3. The number of nitrogens with zero attached hydrogens (tertiary/aromatic N) is 3. The van der Waals surface area contributed by atoms with Crippen LogP contribution in [0.3, 0.4) is 0 Å². The average Bonchev–Trinajstić information content (AvgIpc) is 2.81. The Labute approximate surface area is 141 Å². The first-order chi connectivity index (χ1) is 11.2. The summed E-state index contributed by atoms with van der Waals surface area (Å²) in [5.74, 6) is -0.579. The van der Waals surface area contributed by atoms with Crippen LogP contribution in [0, 0.1) is 26.7 Å². The molecule has 1 atom stereocenters. The molecule has 1 amide bonds. The molecule has 2 aromatic heterocycles. The number of amides is 1. The highest BCUT2D eigenvalue weighted by Gasteiger charge is 2.26. The number of fused-ring (bicyclic) bond motifs is 1. The Morgan fingerprint density at radius 3 is 2.54 bits per heavy atom. The minimum absolute atomic E-state index is 0.238. The van der Waals surface area contributed by atoms with Gasteiger partial charge in [0.05, 0.1) is 12.8 Å². The quantitative estimate of drug-likeness (QED) is 0.846. The van der Waals surface area contributed by atoms with Gasteiger partial charge in [-0.1, -0.05) is 13.8 Å². The maximum Gasteiger partial charge on any atom is 0.328 e. The highest BCUT2D eigenvalue weighted by Crippen LogP contribution is 2.17. The highest BCUT2D eigenvalue weighted by molar-refractivity contribution is 6.02. The molecule has 0 spiro atoms. The molecule has 0 unspecified atom stereocenters. The lowest BCUT2D eigenvalue weighted by molar-refractivity contribution is -0.143. The van der Waals surface area contributed by atoms with Crippen molar-refractivity contribution in [3.63, 3.8) is 0 Å². The molecule has 2 aromatic rings. The molecule has 24 heavy (non-hydrogen) atoms. The summed E-state index contributed by atoms with van der Waals surface area (Å²) < 4.78 is 6.44. The number of carbonyl (C=O) groups excluding carboxylic acids is 2. The van der Waals surface area contributed by atoms with Crippen molar-refractivity contribution in [2.24, 2.45) is 5.92 Å². The zero-order valence-corrected chi connectivity index (χ0v) is 15.0. The smallest absolute Gasteiger partial charge is 0.328 e. The van der Waals surface area contributed by atoms with Crippen molar-refractivity contribution in [2.75, 3.05) is 7.11 Å². The summed E-state index contributed by atoms with van der Waals surface area (Å²) in [6.07, 6.45) is 0.502. The Balaban J connectivity index is 2.40. The van der Waals surface area contributed by atoms with Crippen LogP contribution in [0.4, 0.5) is 0 Å². The standard InChI is InChI=1S/C17H24N4O3/c1-9(2)7-13(17(23)24-6)19-16(22)14-12(5)20-21-11(4)8-10(3)18-15(14)21/h8-9,13H,7H2,1-6H3,(H,19,22)/t13-/m1/s1. The lowest BCUT2D eigenvalue weighted by Gasteiger charge is -2.18. The summed E-state index contributed by atoms with van der Waals surface area (Å²) in [6.45, 7) is 9.50. The molecule has 1 N–H and O–H groups in total. The Hall–Kier alpha value is -2.44. The second-order valence-electron chi connectivity index (χ2n) is 6.41. The van der Waals surface area contributed by atoms with E-state index in [0.717, 1.165) is 11.4 Å². The van der Waals surface area contributed by atoms with Crippen molar-refractivity contribution < 1.29 is 14.3 Å². The Morgan fingerprint density at radius 1 is 1.29 bits per heavy atom. The molecule has 0 aliphatic carbocycles. The minimum atomic E-state index is -0.692. The molecular weight excluding hydrogens is 308 g/mol. The SMILES string of the molecule is COC(=O)[C@@H](CC(C)C)NC(=O)c1c(C)nn2c(C)cc(C)nc12. The largest absolute Gasteiger partial charge is 0.467 e. The fraction of sp³-hybridized carbons (Fsp3) is 0.529. The van der Waals surface area contributed by atoms with Crippen LogP contribution in [0.15, 0.2) is 6.07 Å². The van der Waals surface area contributed by atoms with Crippen LogP contribution in [0.1, 0.15) is 47.7 Å². The van der Waals surface area contributed by atoms with Gasteiger partial charge in [-0.25, -0.2) is 14.3 Å². The van der Waals surface area contributed by atoms with E-state index in [9.17, 15) is 9.59 Å². The number of methoxy groups -OCH3 is 1. The van der Waals surface area contributed by atoms with E-state index in [0.29, 0.717) is 23.3 Å². The van der Waals surface area contributed by atoms with Crippen molar-refractivity contribution in [3.05, 3.63) is 28.7 Å². The summed E-state index contributed by atoms with van der Waals surface area (Å²) >= 11 is 0. The summed E-state index contributed by atoms with van der Waals surface area (Å²) in [6, 6.07) is 1.21. The summed E-state index contributed by atoms with van der Waals surface area (Å²) in [4.78, 5) is 29.1. The maximum absolute atomic E-state index is 12.8. The molecule has 2 rings (SSSR count). The van der Waals surface area contributed by atoms with Gasteiger partial charge in [-0.05, 0) is 39.2 Å². The summed E-state index contributed by atoms with van der Waals surface area (Å²) in [5.41, 5.74) is 3.16. The van der Waals surface area contributed by atoms with Crippen LogP contribution >= 0.6 is 0 Å². The van der Waals surface area contributed by atoms with Crippen LogP contribution in [-0.2, 0) is 9.53 Å². The number of nitrogens with one attached hydrogen (secondary N) is 1. The fourth-order valence-corrected chi connectivity index (χ4v) is 2.75. The van der Waals surface area contributed by atoms with Gasteiger partial charge in [0.2, 0.25) is 0 Å². The van der Waals surface area contributed by atoms with Crippen LogP contribution < -0.4 is 5.32 Å². The monoisotopic (exact) mass is 332 g/mol. The van der Waals surface area contributed by atoms with E-state index in [2.05, 4.69) is 15.4 Å². The van der Waals surface area contributed by atoms with Crippen molar-refractivity contribution >= 4 is 17.5 Å². The maximum atomic E-state index is 12.8. The van der Waals surface area contributed by atoms with Crippen molar-refractivity contribution in [3.8, 4) is 0 Å². The van der Waals surface area contributed by atoms with Gasteiger partial charge in [-0.15, -0.1) is 0 Å². The molecular formula is C17H24N4O3. The van der Waals surface area contributed by atoms with E-state index >= 15 is 0 Å². The van der Waals surface area contributed by atoms with Crippen LogP contribution in [0.25, 0.3) is 5.65 Å². The minimum Gasteiger partial charge on any atom is -0.467 e. The number of ether oxygens (including phenoxy) is 1. The van der Waals surface area contributed by atoms with E-state index in [1.807, 2.05) is 33.8 Å². The molecule has 2 heterocycles. The second-order valence-corrected chi connectivity index (χ2v) is 6.41. The molecule has 7 heteroatoms. The molecule has 0 aliphatic heterocycles. The van der Waals surface area contributed by atoms with Crippen LogP contribution in [-0.4, -0.2) is 39.6 Å². The summed E-state index contributed by atoms with van der Waals surface area (Å²) in [7, 11) is 1.32. The third-order valence-electron chi connectivity index (χ3n) is 3.80. The molecule has 7 nitrogen and oxygen atoms in total. The first kappa shape index (κ1) is 17.9. The number of hydrogen-bond donors (Lipinski definition) is 1. The zero-order chi connectivity index (χ0) is 18.0. The molecule has 0 aromatic carbocycles. The predicted molar refractivity (Wildman–Crippen MR) is 89.9 cm³/mol. The van der Waals surface area contributed by atoms with E-state index in [1.54, 1.807) is 11.4 Å². The van der Waals surface area contributed by atoms with Gasteiger partial charge in [0.15, 0.2) is 5.65 Å². The third kappa shape index (κ3) is 3.55. The van der Waals surface area contributed by atoms with Gasteiger partial charge in [0.25, 0.3) is 5.91 Å². The Bertz CT molecular complexity index is 780. The third-order valence-corrected chi connectivity index (χ3v) is 3.80. The van der Waals surface area contributed by atoms with Gasteiger partial charge in [-0.3, -0.25) is 4.79 Å². The fourth-order valence-electron chi connectivity index (χ4n) is 2.75. The second kappa shape index (κ2) is 6.98. The van der Waals surface area contributed by atoms with Crippen molar-refractivity contribution in [1.82, 2.24) is 19.9 Å². The first-order valence-electron chi connectivity index (χ1n) is 7.96. The van der Waals surface area contributed by atoms with Gasteiger partial charge in [0, 0.05) is 11.4 Å². The molecule has 0 aliphatic rings. The normalized spacial score (nSPS) is 12.5. The van der Waals surface area contributed by atoms with Gasteiger partial charge in [-0.2, -0.15) is 5.10 Å². The highest BCUT2D eigenvalue weighted by atomic mass is 16.5. The molecule has 130 valence electrons. The lowest BCUT2D eigenvalue weighted by atomic mass is 10.0. The molecule has 0 saturated carbocycles. The Kier molecular flexibility index (Phi) is 5.21. The van der Waals surface area contributed by atoms with E-state index < -0.39 is 12.0 Å². The average molecular weight is 332 g/mol. The number of esters is 1. The zero-order valence-electron chi connectivity index (χ0n) is 15.0. The first-order valence-corrected chi connectivity index (χ1v) is 7.96. The lowest BCUT2D eigenvalue weighted by Crippen LogP contribution is -2.42. The van der Waals surface area contributed by atoms with E-state index in [4.69, 9.17) is 4.74 Å². The summed E-state index contributed by atoms with van der Waals surface area (Å²) in [5, 5.41) is 7.15. The van der Waals surface area contributed by atoms with Gasteiger partial charge in [0.1, 0.15) is 11.6 Å². The van der Waals surface area contributed by atoms with Crippen LogP contribution in [0.5, 0.6) is 0 Å². The molecule has 0 bridgehead atoms. The van der Waals surface area contributed by atoms with Crippen molar-refractivity contribution in [2.45, 2.75) is 47.1 Å². The van der Waals surface area contributed by atoms with Crippen molar-refractivity contribution in [1.29, 1.82) is 0 Å². The number of carbonyl (C=O) groups is 2.